The molecule has 1 aromatic carbocycles. The molecule has 3 rings (SSSR count). The second-order valence-corrected chi connectivity index (χ2v) is 6.21. The molecule has 4 nitrogen and oxygen atoms in total. The van der Waals surface area contributed by atoms with E-state index in [1.54, 1.807) is 23.3 Å². The number of aliphatic hydroxyl groups is 1. The van der Waals surface area contributed by atoms with Crippen LogP contribution >= 0.6 is 0 Å². The van der Waals surface area contributed by atoms with Gasteiger partial charge in [0.1, 0.15) is 17.2 Å². The van der Waals surface area contributed by atoms with Gasteiger partial charge >= 0.3 is 0 Å². The third-order valence-corrected chi connectivity index (χ3v) is 4.71. The molecule has 0 spiro atoms. The number of benzene rings is 1. The van der Waals surface area contributed by atoms with Gasteiger partial charge in [0, 0.05) is 43.2 Å². The lowest BCUT2D eigenvalue weighted by atomic mass is 9.85. The van der Waals surface area contributed by atoms with Crippen LogP contribution in [0.2, 0.25) is 0 Å². The summed E-state index contributed by atoms with van der Waals surface area (Å²) in [6.45, 7) is 3.48. The highest BCUT2D eigenvalue weighted by Gasteiger charge is 2.41. The minimum Gasteiger partial charge on any atom is -0.382 e. The lowest BCUT2D eigenvalue weighted by Gasteiger charge is -2.42. The predicted octanol–water partition coefficient (Wildman–Crippen LogP) is 2.70. The van der Waals surface area contributed by atoms with Crippen molar-refractivity contribution in [3.63, 3.8) is 0 Å². The van der Waals surface area contributed by atoms with Crippen LogP contribution in [0.3, 0.4) is 0 Å². The summed E-state index contributed by atoms with van der Waals surface area (Å²) < 4.78 is 29.5. The fraction of sp³-hybridized carbons (Fsp3) is 0.389. The summed E-state index contributed by atoms with van der Waals surface area (Å²) in [5.41, 5.74) is -1.41. The molecular formula is C18H21F2N3O. The molecule has 24 heavy (non-hydrogen) atoms. The Balaban J connectivity index is 2.00. The van der Waals surface area contributed by atoms with Gasteiger partial charge in [-0.15, -0.1) is 0 Å². The van der Waals surface area contributed by atoms with Crippen LogP contribution in [0.1, 0.15) is 18.9 Å². The predicted molar refractivity (Wildman–Crippen MR) is 87.3 cm³/mol. The highest BCUT2D eigenvalue weighted by molar-refractivity contribution is 5.27. The molecule has 2 atom stereocenters. The van der Waals surface area contributed by atoms with Crippen molar-refractivity contribution in [1.29, 1.82) is 0 Å². The monoisotopic (exact) mass is 333 g/mol. The van der Waals surface area contributed by atoms with Crippen LogP contribution < -0.4 is 0 Å². The van der Waals surface area contributed by atoms with Crippen LogP contribution in [-0.2, 0) is 12.1 Å². The molecule has 128 valence electrons. The summed E-state index contributed by atoms with van der Waals surface area (Å²) in [5.74, 6) is -1.40. The zero-order valence-electron chi connectivity index (χ0n) is 13.6. The van der Waals surface area contributed by atoms with Crippen LogP contribution in [0.15, 0.2) is 49.1 Å². The van der Waals surface area contributed by atoms with E-state index < -0.39 is 17.2 Å². The van der Waals surface area contributed by atoms with Crippen molar-refractivity contribution in [3.8, 4) is 0 Å². The summed E-state index contributed by atoms with van der Waals surface area (Å²) >= 11 is 0. The molecule has 0 fully saturated rings. The maximum absolute atomic E-state index is 14.4. The average Bonchev–Trinajstić information content (AvgIpc) is 3.07. The summed E-state index contributed by atoms with van der Waals surface area (Å²) in [7, 11) is 0. The van der Waals surface area contributed by atoms with Gasteiger partial charge in [-0.1, -0.05) is 18.2 Å². The van der Waals surface area contributed by atoms with Gasteiger partial charge in [0.25, 0.3) is 0 Å². The average molecular weight is 333 g/mol. The van der Waals surface area contributed by atoms with E-state index in [4.69, 9.17) is 0 Å². The maximum atomic E-state index is 14.4. The fourth-order valence-electron chi connectivity index (χ4n) is 3.25. The summed E-state index contributed by atoms with van der Waals surface area (Å²) in [6, 6.07) is 2.97. The van der Waals surface area contributed by atoms with E-state index in [0.29, 0.717) is 6.54 Å². The summed E-state index contributed by atoms with van der Waals surface area (Å²) in [6.07, 6.45) is 9.92. The molecule has 0 unspecified atom stereocenters. The number of nitrogens with zero attached hydrogens (tertiary/aromatic N) is 3. The van der Waals surface area contributed by atoms with E-state index in [9.17, 15) is 13.9 Å². The second-order valence-electron chi connectivity index (χ2n) is 6.21. The molecule has 0 radical (unpaired) electrons. The third kappa shape index (κ3) is 3.25. The first kappa shape index (κ1) is 16.8. The van der Waals surface area contributed by atoms with Crippen LogP contribution in [-0.4, -0.2) is 38.7 Å². The van der Waals surface area contributed by atoms with E-state index in [-0.39, 0.29) is 18.2 Å². The number of rotatable bonds is 5. The number of halogens is 2. The van der Waals surface area contributed by atoms with Gasteiger partial charge in [0.05, 0.1) is 12.9 Å². The molecule has 0 amide bonds. The molecule has 0 saturated heterocycles. The Morgan fingerprint density at radius 1 is 1.33 bits per heavy atom. The van der Waals surface area contributed by atoms with Crippen LogP contribution in [0, 0.1) is 11.6 Å². The van der Waals surface area contributed by atoms with Crippen LogP contribution in [0.25, 0.3) is 0 Å². The first-order chi connectivity index (χ1) is 11.5. The molecule has 1 N–H and O–H groups in total. The fourth-order valence-corrected chi connectivity index (χ4v) is 3.25. The van der Waals surface area contributed by atoms with Gasteiger partial charge in [-0.2, -0.15) is 0 Å². The van der Waals surface area contributed by atoms with E-state index in [1.165, 1.54) is 12.1 Å². The number of imidazole rings is 1. The highest BCUT2D eigenvalue weighted by Crippen LogP contribution is 2.33. The van der Waals surface area contributed by atoms with Gasteiger partial charge in [-0.05, 0) is 19.4 Å². The molecular weight excluding hydrogens is 312 g/mol. The lowest BCUT2D eigenvalue weighted by molar-refractivity contribution is -0.0592. The number of hydrogen-bond donors (Lipinski definition) is 1. The molecule has 1 aliphatic heterocycles. The molecule has 2 aromatic rings. The van der Waals surface area contributed by atoms with Gasteiger partial charge in [-0.25, -0.2) is 13.8 Å². The number of aromatic nitrogens is 2. The van der Waals surface area contributed by atoms with E-state index in [0.717, 1.165) is 19.0 Å². The molecule has 1 aromatic heterocycles. The zero-order valence-corrected chi connectivity index (χ0v) is 13.6. The van der Waals surface area contributed by atoms with Gasteiger partial charge in [0.15, 0.2) is 0 Å². The summed E-state index contributed by atoms with van der Waals surface area (Å²) in [5, 5.41) is 11.5. The van der Waals surface area contributed by atoms with Gasteiger partial charge in [-0.3, -0.25) is 4.90 Å². The molecule has 0 saturated carbocycles. The molecule has 0 bridgehead atoms. The Labute approximate surface area is 140 Å². The third-order valence-electron chi connectivity index (χ3n) is 4.71. The van der Waals surface area contributed by atoms with Crippen molar-refractivity contribution in [2.75, 3.05) is 13.1 Å². The molecule has 2 heterocycles. The first-order valence-corrected chi connectivity index (χ1v) is 8.03. The zero-order chi connectivity index (χ0) is 17.2. The van der Waals surface area contributed by atoms with Crippen molar-refractivity contribution in [1.82, 2.24) is 14.5 Å². The standard InChI is InChI=1S/C18H21F2N3O/c1-14(23-8-3-2-4-9-23)18(24,12-22-10-7-21-13-22)16-6-5-15(19)11-17(16)20/h2-3,5-7,10-11,13-14,24H,4,8-9,12H2,1H3/t14-,18-/m1/s1. The Morgan fingerprint density at radius 2 is 2.17 bits per heavy atom. The maximum Gasteiger partial charge on any atom is 0.132 e. The highest BCUT2D eigenvalue weighted by atomic mass is 19.1. The minimum atomic E-state index is -1.51. The van der Waals surface area contributed by atoms with E-state index in [2.05, 4.69) is 16.0 Å². The molecule has 0 aliphatic carbocycles. The van der Waals surface area contributed by atoms with Gasteiger partial charge < -0.3 is 9.67 Å². The summed E-state index contributed by atoms with van der Waals surface area (Å²) in [4.78, 5) is 6.08. The van der Waals surface area contributed by atoms with Crippen molar-refractivity contribution < 1.29 is 13.9 Å². The smallest absolute Gasteiger partial charge is 0.132 e. The van der Waals surface area contributed by atoms with E-state index in [1.807, 2.05) is 13.0 Å². The molecule has 1 aliphatic rings. The first-order valence-electron chi connectivity index (χ1n) is 8.03. The van der Waals surface area contributed by atoms with Crippen molar-refractivity contribution in [2.24, 2.45) is 0 Å². The largest absolute Gasteiger partial charge is 0.382 e. The lowest BCUT2D eigenvalue weighted by Crippen LogP contribution is -2.52. The van der Waals surface area contributed by atoms with Crippen molar-refractivity contribution >= 4 is 0 Å². The minimum absolute atomic E-state index is 0.0969. The van der Waals surface area contributed by atoms with Crippen LogP contribution in [0.4, 0.5) is 8.78 Å². The Kier molecular flexibility index (Phi) is 4.78. The van der Waals surface area contributed by atoms with Crippen LogP contribution in [0.5, 0.6) is 0 Å². The second kappa shape index (κ2) is 6.83. The van der Waals surface area contributed by atoms with Crippen molar-refractivity contribution in [3.05, 3.63) is 66.3 Å². The Bertz CT molecular complexity index is 717. The molecule has 6 heteroatoms. The number of hydrogen-bond acceptors (Lipinski definition) is 3. The quantitative estimate of drug-likeness (QED) is 0.856. The topological polar surface area (TPSA) is 41.3 Å². The Hall–Kier alpha value is -2.05. The van der Waals surface area contributed by atoms with E-state index >= 15 is 0 Å². The van der Waals surface area contributed by atoms with Gasteiger partial charge in [0.2, 0.25) is 0 Å². The Morgan fingerprint density at radius 3 is 2.79 bits per heavy atom. The SMILES string of the molecule is C[C@@H](N1CC=CCC1)[C@](O)(Cn1ccnc1)c1ccc(F)cc1F. The van der Waals surface area contributed by atoms with Crippen molar-refractivity contribution in [2.45, 2.75) is 31.5 Å². The normalized spacial score (nSPS) is 19.2.